The minimum Gasteiger partial charge on any atom is -0.442 e. The Morgan fingerprint density at radius 1 is 1.05 bits per heavy atom. The average molecular weight is 292 g/mol. The number of carbonyl (C=O) groups is 2. The molecule has 8 heteroatoms. The Balaban J connectivity index is 3.20. The van der Waals surface area contributed by atoms with Gasteiger partial charge >= 0.3 is 6.09 Å². The molecule has 0 saturated carbocycles. The third-order valence-electron chi connectivity index (χ3n) is 1.73. The van der Waals surface area contributed by atoms with Gasteiger partial charge in [0.2, 0.25) is 6.41 Å². The zero-order valence-corrected chi connectivity index (χ0v) is 12.3. The molecular weight excluding hydrogens is 268 g/mol. The number of hydrogen-bond acceptors (Lipinski definition) is 6. The van der Waals surface area contributed by atoms with Gasteiger partial charge in [0.15, 0.2) is 0 Å². The minimum absolute atomic E-state index is 0.214. The highest BCUT2D eigenvalue weighted by Crippen LogP contribution is 2.06. The summed E-state index contributed by atoms with van der Waals surface area (Å²) in [6, 6.07) is 0. The fourth-order valence-electron chi connectivity index (χ4n) is 1.02. The second-order valence-corrected chi connectivity index (χ2v) is 4.75. The maximum absolute atomic E-state index is 11.2. The van der Waals surface area contributed by atoms with Gasteiger partial charge in [-0.15, -0.1) is 0 Å². The summed E-state index contributed by atoms with van der Waals surface area (Å²) in [7, 11) is 0. The van der Waals surface area contributed by atoms with Crippen molar-refractivity contribution >= 4 is 12.5 Å². The highest BCUT2D eigenvalue weighted by molar-refractivity contribution is 5.66. The molecule has 0 atom stereocenters. The summed E-state index contributed by atoms with van der Waals surface area (Å²) < 4.78 is 15.3. The van der Waals surface area contributed by atoms with Crippen LogP contribution in [0.3, 0.4) is 0 Å². The standard InChI is InChI=1S/C12H24N2O6/c1-12(2,3)20-11(16)14-19-9-8-18-7-6-17-5-4-13-10-15/h10H,4-9H2,1-3H3,(H,13,15)(H,14,16). The van der Waals surface area contributed by atoms with Crippen molar-refractivity contribution in [3.63, 3.8) is 0 Å². The van der Waals surface area contributed by atoms with Crippen molar-refractivity contribution in [2.24, 2.45) is 0 Å². The molecule has 0 radical (unpaired) electrons. The first kappa shape index (κ1) is 18.6. The van der Waals surface area contributed by atoms with E-state index >= 15 is 0 Å². The van der Waals surface area contributed by atoms with Crippen molar-refractivity contribution in [3.8, 4) is 0 Å². The molecule has 0 aliphatic heterocycles. The molecule has 0 rings (SSSR count). The van der Waals surface area contributed by atoms with Gasteiger partial charge in [0.05, 0.1) is 33.0 Å². The Labute approximate surface area is 119 Å². The van der Waals surface area contributed by atoms with Gasteiger partial charge in [-0.1, -0.05) is 0 Å². The van der Waals surface area contributed by atoms with Gasteiger partial charge in [0, 0.05) is 6.54 Å². The van der Waals surface area contributed by atoms with Crippen LogP contribution in [0.4, 0.5) is 4.79 Å². The first-order valence-electron chi connectivity index (χ1n) is 6.39. The van der Waals surface area contributed by atoms with E-state index in [2.05, 4.69) is 10.8 Å². The number of carbonyl (C=O) groups excluding carboxylic acids is 2. The molecule has 2 amide bonds. The van der Waals surface area contributed by atoms with E-state index in [0.717, 1.165) is 0 Å². The molecule has 0 bridgehead atoms. The number of rotatable bonds is 11. The zero-order valence-electron chi connectivity index (χ0n) is 12.3. The molecule has 0 unspecified atom stereocenters. The van der Waals surface area contributed by atoms with Crippen LogP contribution < -0.4 is 10.8 Å². The summed E-state index contributed by atoms with van der Waals surface area (Å²) in [6.07, 6.45) is -0.0157. The van der Waals surface area contributed by atoms with Crippen LogP contribution in [-0.4, -0.2) is 57.7 Å². The molecule has 118 valence electrons. The van der Waals surface area contributed by atoms with Crippen LogP contribution in [-0.2, 0) is 23.8 Å². The van der Waals surface area contributed by atoms with E-state index in [4.69, 9.17) is 19.0 Å². The number of ether oxygens (including phenoxy) is 3. The lowest BCUT2D eigenvalue weighted by Crippen LogP contribution is -2.33. The van der Waals surface area contributed by atoms with Gasteiger partial charge in [0.25, 0.3) is 0 Å². The van der Waals surface area contributed by atoms with Gasteiger partial charge in [0.1, 0.15) is 5.60 Å². The SMILES string of the molecule is CC(C)(C)OC(=O)NOCCOCCOCCNC=O. The zero-order chi connectivity index (χ0) is 15.3. The van der Waals surface area contributed by atoms with Gasteiger partial charge < -0.3 is 19.5 Å². The van der Waals surface area contributed by atoms with Crippen LogP contribution >= 0.6 is 0 Å². The highest BCUT2D eigenvalue weighted by atomic mass is 16.7. The van der Waals surface area contributed by atoms with Crippen molar-refractivity contribution in [1.29, 1.82) is 0 Å². The Bertz CT molecular complexity index is 267. The lowest BCUT2D eigenvalue weighted by Gasteiger charge is -2.19. The molecule has 0 aliphatic rings. The van der Waals surface area contributed by atoms with Gasteiger partial charge in [-0.2, -0.15) is 5.48 Å². The topological polar surface area (TPSA) is 95.1 Å². The molecular formula is C12H24N2O6. The summed E-state index contributed by atoms with van der Waals surface area (Å²) in [5, 5.41) is 2.48. The maximum Gasteiger partial charge on any atom is 0.431 e. The normalized spacial score (nSPS) is 10.9. The van der Waals surface area contributed by atoms with E-state index in [9.17, 15) is 9.59 Å². The minimum atomic E-state index is -0.636. The number of nitrogens with one attached hydrogen (secondary N) is 2. The van der Waals surface area contributed by atoms with Crippen LogP contribution in [0, 0.1) is 0 Å². The molecule has 2 N–H and O–H groups in total. The highest BCUT2D eigenvalue weighted by Gasteiger charge is 2.15. The van der Waals surface area contributed by atoms with Crippen molar-refractivity contribution in [3.05, 3.63) is 0 Å². The third kappa shape index (κ3) is 14.7. The first-order valence-corrected chi connectivity index (χ1v) is 6.39. The second kappa shape index (κ2) is 11.4. The molecule has 0 aromatic rings. The van der Waals surface area contributed by atoms with Crippen molar-refractivity contribution in [1.82, 2.24) is 10.8 Å². The van der Waals surface area contributed by atoms with E-state index in [1.807, 2.05) is 0 Å². The molecule has 20 heavy (non-hydrogen) atoms. The molecule has 0 aliphatic carbocycles. The Morgan fingerprint density at radius 3 is 2.25 bits per heavy atom. The van der Waals surface area contributed by atoms with Gasteiger partial charge in [-0.05, 0) is 20.8 Å². The molecule has 0 fully saturated rings. The molecule has 8 nitrogen and oxygen atoms in total. The summed E-state index contributed by atoms with van der Waals surface area (Å²) in [6.45, 7) is 7.60. The van der Waals surface area contributed by atoms with Crippen LogP contribution in [0.5, 0.6) is 0 Å². The fraction of sp³-hybridized carbons (Fsp3) is 0.833. The summed E-state index contributed by atoms with van der Waals surface area (Å²) in [4.78, 5) is 26.0. The van der Waals surface area contributed by atoms with E-state index in [0.29, 0.717) is 39.4 Å². The van der Waals surface area contributed by atoms with Crippen molar-refractivity contribution in [2.45, 2.75) is 26.4 Å². The Kier molecular flexibility index (Phi) is 10.7. The molecule has 0 aromatic carbocycles. The lowest BCUT2D eigenvalue weighted by atomic mass is 10.2. The van der Waals surface area contributed by atoms with E-state index in [-0.39, 0.29) is 6.61 Å². The summed E-state index contributed by atoms with van der Waals surface area (Å²) in [5.74, 6) is 0. The number of hydroxylamine groups is 1. The Morgan fingerprint density at radius 2 is 1.65 bits per heavy atom. The molecule has 0 aromatic heterocycles. The van der Waals surface area contributed by atoms with Crippen molar-refractivity contribution < 1.29 is 28.6 Å². The summed E-state index contributed by atoms with van der Waals surface area (Å²) >= 11 is 0. The number of amides is 2. The second-order valence-electron chi connectivity index (χ2n) is 4.75. The van der Waals surface area contributed by atoms with E-state index in [1.54, 1.807) is 20.8 Å². The predicted molar refractivity (Wildman–Crippen MR) is 71.0 cm³/mol. The maximum atomic E-state index is 11.2. The average Bonchev–Trinajstić information content (AvgIpc) is 2.34. The lowest BCUT2D eigenvalue weighted by molar-refractivity contribution is -0.109. The van der Waals surface area contributed by atoms with Crippen LogP contribution in [0.2, 0.25) is 0 Å². The van der Waals surface area contributed by atoms with Crippen molar-refractivity contribution in [2.75, 3.05) is 39.6 Å². The predicted octanol–water partition coefficient (Wildman–Crippen LogP) is 0.222. The quantitative estimate of drug-likeness (QED) is 0.321. The van der Waals surface area contributed by atoms with Gasteiger partial charge in [-0.3, -0.25) is 9.63 Å². The monoisotopic (exact) mass is 292 g/mol. The fourth-order valence-corrected chi connectivity index (χ4v) is 1.02. The largest absolute Gasteiger partial charge is 0.442 e. The van der Waals surface area contributed by atoms with E-state index in [1.165, 1.54) is 0 Å². The van der Waals surface area contributed by atoms with Crippen LogP contribution in [0.25, 0.3) is 0 Å². The third-order valence-corrected chi connectivity index (χ3v) is 1.73. The molecule has 0 heterocycles. The Hall–Kier alpha value is -1.38. The molecule has 0 spiro atoms. The van der Waals surface area contributed by atoms with E-state index < -0.39 is 11.7 Å². The number of hydrogen-bond donors (Lipinski definition) is 2. The summed E-state index contributed by atoms with van der Waals surface area (Å²) in [5.41, 5.74) is 1.60. The smallest absolute Gasteiger partial charge is 0.431 e. The molecule has 0 saturated heterocycles. The first-order chi connectivity index (χ1) is 9.45. The van der Waals surface area contributed by atoms with Crippen LogP contribution in [0.15, 0.2) is 0 Å². The van der Waals surface area contributed by atoms with Gasteiger partial charge in [-0.25, -0.2) is 4.79 Å². The van der Waals surface area contributed by atoms with Crippen LogP contribution in [0.1, 0.15) is 20.8 Å².